The van der Waals surface area contributed by atoms with E-state index in [1.807, 2.05) is 0 Å². The number of hydrogen-bond acceptors (Lipinski definition) is 5. The molecule has 0 spiro atoms. The quantitative estimate of drug-likeness (QED) is 0.724. The van der Waals surface area contributed by atoms with Crippen molar-refractivity contribution < 1.29 is 9.90 Å². The van der Waals surface area contributed by atoms with Gasteiger partial charge in [-0.3, -0.25) is 4.79 Å². The second-order valence-corrected chi connectivity index (χ2v) is 4.18. The summed E-state index contributed by atoms with van der Waals surface area (Å²) in [6, 6.07) is 4.88. The minimum atomic E-state index is -1.13. The van der Waals surface area contributed by atoms with Gasteiger partial charge in [-0.15, -0.1) is 5.10 Å². The highest BCUT2D eigenvalue weighted by Gasteiger charge is 2.17. The topological polar surface area (TPSA) is 116 Å². The Labute approximate surface area is 114 Å². The van der Waals surface area contributed by atoms with Gasteiger partial charge in [0.2, 0.25) is 0 Å². The van der Waals surface area contributed by atoms with Gasteiger partial charge in [0, 0.05) is 25.2 Å². The molecular weight excluding hydrogens is 262 g/mol. The first-order valence-electron chi connectivity index (χ1n) is 6.14. The number of carboxylic acids is 1. The smallest absolute Gasteiger partial charge is 0.358 e. The molecule has 0 unspecified atom stereocenters. The molecule has 0 aliphatic carbocycles. The maximum atomic E-state index is 11.6. The fourth-order valence-electron chi connectivity index (χ4n) is 1.91. The van der Waals surface area contributed by atoms with Gasteiger partial charge in [0.25, 0.3) is 5.56 Å². The van der Waals surface area contributed by atoms with Crippen molar-refractivity contribution >= 4 is 5.97 Å². The van der Waals surface area contributed by atoms with Gasteiger partial charge >= 0.3 is 5.97 Å². The summed E-state index contributed by atoms with van der Waals surface area (Å²) in [6.07, 6.45) is 2.04. The molecule has 106 valence electrons. The number of nitrogens with two attached hydrogens (primary N) is 1. The average molecular weight is 277 g/mol. The van der Waals surface area contributed by atoms with Gasteiger partial charge in [-0.1, -0.05) is 11.3 Å². The molecule has 2 aromatic rings. The highest BCUT2D eigenvalue weighted by atomic mass is 16.4. The lowest BCUT2D eigenvalue weighted by Gasteiger charge is -2.07. The van der Waals surface area contributed by atoms with Crippen molar-refractivity contribution in [3.05, 3.63) is 46.1 Å². The number of aryl methyl sites for hydroxylation is 2. The molecule has 0 aromatic carbocycles. The van der Waals surface area contributed by atoms with Gasteiger partial charge in [0.15, 0.2) is 5.69 Å². The van der Waals surface area contributed by atoms with Gasteiger partial charge in [0.05, 0.1) is 12.2 Å². The standard InChI is InChI=1S/C12H15N5O3/c13-5-4-9-11(12(19)20)14-15-17(9)8-7-16-6-2-1-3-10(16)18/h1-3,6H,4-5,7-8,13H2,(H,19,20). The van der Waals surface area contributed by atoms with Gasteiger partial charge in [-0.2, -0.15) is 0 Å². The first-order chi connectivity index (χ1) is 9.63. The molecule has 0 aliphatic rings. The second kappa shape index (κ2) is 6.11. The van der Waals surface area contributed by atoms with Crippen LogP contribution >= 0.6 is 0 Å². The summed E-state index contributed by atoms with van der Waals surface area (Å²) >= 11 is 0. The number of carbonyl (C=O) groups is 1. The molecule has 0 bridgehead atoms. The van der Waals surface area contributed by atoms with Crippen LogP contribution in [-0.2, 0) is 19.5 Å². The molecule has 3 N–H and O–H groups in total. The molecule has 0 radical (unpaired) electrons. The largest absolute Gasteiger partial charge is 0.476 e. The fourth-order valence-corrected chi connectivity index (χ4v) is 1.91. The third kappa shape index (κ3) is 2.91. The molecular formula is C12H15N5O3. The van der Waals surface area contributed by atoms with Crippen LogP contribution in [0.4, 0.5) is 0 Å². The Balaban J connectivity index is 2.19. The van der Waals surface area contributed by atoms with Crippen LogP contribution in [0.15, 0.2) is 29.2 Å². The average Bonchev–Trinajstić information content (AvgIpc) is 2.82. The first kappa shape index (κ1) is 13.9. The monoisotopic (exact) mass is 277 g/mol. The van der Waals surface area contributed by atoms with E-state index < -0.39 is 5.97 Å². The van der Waals surface area contributed by atoms with Crippen LogP contribution < -0.4 is 11.3 Å². The van der Waals surface area contributed by atoms with E-state index in [0.717, 1.165) is 0 Å². The normalized spacial score (nSPS) is 10.7. The van der Waals surface area contributed by atoms with E-state index in [1.165, 1.54) is 15.3 Å². The zero-order valence-electron chi connectivity index (χ0n) is 10.8. The Morgan fingerprint density at radius 3 is 2.80 bits per heavy atom. The third-order valence-corrected chi connectivity index (χ3v) is 2.87. The van der Waals surface area contributed by atoms with Crippen LogP contribution in [0.1, 0.15) is 16.2 Å². The second-order valence-electron chi connectivity index (χ2n) is 4.18. The van der Waals surface area contributed by atoms with Crippen LogP contribution in [-0.4, -0.2) is 37.2 Å². The SMILES string of the molecule is NCCc1c(C(=O)O)nnn1CCn1ccccc1=O. The molecule has 20 heavy (non-hydrogen) atoms. The lowest BCUT2D eigenvalue weighted by Crippen LogP contribution is -2.22. The summed E-state index contributed by atoms with van der Waals surface area (Å²) in [7, 11) is 0. The van der Waals surface area contributed by atoms with E-state index in [2.05, 4.69) is 10.3 Å². The predicted molar refractivity (Wildman–Crippen MR) is 70.4 cm³/mol. The summed E-state index contributed by atoms with van der Waals surface area (Å²) in [5.74, 6) is -1.13. The summed E-state index contributed by atoms with van der Waals surface area (Å²) in [5.41, 5.74) is 5.74. The molecule has 0 fully saturated rings. The van der Waals surface area contributed by atoms with Crippen molar-refractivity contribution in [2.45, 2.75) is 19.5 Å². The maximum Gasteiger partial charge on any atom is 0.358 e. The molecule has 2 rings (SSSR count). The summed E-state index contributed by atoms with van der Waals surface area (Å²) in [5, 5.41) is 16.5. The zero-order valence-corrected chi connectivity index (χ0v) is 10.8. The van der Waals surface area contributed by atoms with Crippen LogP contribution in [0.5, 0.6) is 0 Å². The van der Waals surface area contributed by atoms with Gasteiger partial charge < -0.3 is 15.4 Å². The third-order valence-electron chi connectivity index (χ3n) is 2.87. The Hall–Kier alpha value is -2.48. The molecule has 2 heterocycles. The number of pyridine rings is 1. The van der Waals surface area contributed by atoms with Crippen molar-refractivity contribution in [1.82, 2.24) is 19.6 Å². The van der Waals surface area contributed by atoms with E-state index >= 15 is 0 Å². The first-order valence-corrected chi connectivity index (χ1v) is 6.14. The number of hydrogen-bond donors (Lipinski definition) is 2. The molecule has 2 aromatic heterocycles. The van der Waals surface area contributed by atoms with Gasteiger partial charge in [-0.05, 0) is 12.6 Å². The highest BCUT2D eigenvalue weighted by Crippen LogP contribution is 2.06. The molecule has 8 nitrogen and oxygen atoms in total. The van der Waals surface area contributed by atoms with Crippen LogP contribution in [0.25, 0.3) is 0 Å². The van der Waals surface area contributed by atoms with E-state index in [9.17, 15) is 9.59 Å². The van der Waals surface area contributed by atoms with Crippen molar-refractivity contribution in [2.24, 2.45) is 5.73 Å². The predicted octanol–water partition coefficient (Wildman–Crippen LogP) is -0.661. The highest BCUT2D eigenvalue weighted by molar-refractivity contribution is 5.86. The van der Waals surface area contributed by atoms with E-state index in [4.69, 9.17) is 10.8 Å². The van der Waals surface area contributed by atoms with Crippen LogP contribution in [0.2, 0.25) is 0 Å². The van der Waals surface area contributed by atoms with Crippen molar-refractivity contribution in [3.8, 4) is 0 Å². The number of rotatable bonds is 6. The van der Waals surface area contributed by atoms with Crippen molar-refractivity contribution in [3.63, 3.8) is 0 Å². The molecule has 0 amide bonds. The summed E-state index contributed by atoms with van der Waals surface area (Å²) in [4.78, 5) is 22.6. The molecule has 8 heteroatoms. The van der Waals surface area contributed by atoms with E-state index in [0.29, 0.717) is 31.7 Å². The van der Waals surface area contributed by atoms with Gasteiger partial charge in [-0.25, -0.2) is 9.48 Å². The molecule has 0 saturated heterocycles. The Bertz CT molecular complexity index is 661. The number of nitrogens with zero attached hydrogens (tertiary/aromatic N) is 4. The maximum absolute atomic E-state index is 11.6. The Kier molecular flexibility index (Phi) is 4.26. The molecule has 0 saturated carbocycles. The Morgan fingerprint density at radius 1 is 1.35 bits per heavy atom. The van der Waals surface area contributed by atoms with Gasteiger partial charge in [0.1, 0.15) is 0 Å². The Morgan fingerprint density at radius 2 is 2.15 bits per heavy atom. The number of carboxylic acid groups (broad SMARTS) is 1. The minimum Gasteiger partial charge on any atom is -0.476 e. The minimum absolute atomic E-state index is 0.0872. The fraction of sp³-hybridized carbons (Fsp3) is 0.333. The van der Waals surface area contributed by atoms with Crippen molar-refractivity contribution in [2.75, 3.05) is 6.54 Å². The molecule has 0 aliphatic heterocycles. The molecule has 0 atom stereocenters. The summed E-state index contributed by atoms with van der Waals surface area (Å²) in [6.45, 7) is 1.05. The van der Waals surface area contributed by atoms with Crippen LogP contribution in [0.3, 0.4) is 0 Å². The number of aromatic nitrogens is 4. The van der Waals surface area contributed by atoms with Crippen LogP contribution in [0, 0.1) is 0 Å². The lowest BCUT2D eigenvalue weighted by molar-refractivity contribution is 0.0689. The van der Waals surface area contributed by atoms with E-state index in [1.54, 1.807) is 18.3 Å². The van der Waals surface area contributed by atoms with E-state index in [-0.39, 0.29) is 11.3 Å². The number of aromatic carboxylic acids is 1. The lowest BCUT2D eigenvalue weighted by atomic mass is 10.2. The summed E-state index contributed by atoms with van der Waals surface area (Å²) < 4.78 is 3.00. The van der Waals surface area contributed by atoms with Crippen molar-refractivity contribution in [1.29, 1.82) is 0 Å². The zero-order chi connectivity index (χ0) is 14.5.